The van der Waals surface area contributed by atoms with Crippen LogP contribution in [0.15, 0.2) is 12.3 Å². The summed E-state index contributed by atoms with van der Waals surface area (Å²) in [7, 11) is 4.13. The van der Waals surface area contributed by atoms with E-state index < -0.39 is 0 Å². The number of aromatic nitrogens is 2. The Hall–Kier alpha value is -1.64. The molecule has 2 aromatic rings. The van der Waals surface area contributed by atoms with Crippen LogP contribution in [0, 0.1) is 13.8 Å². The Kier molecular flexibility index (Phi) is 3.25. The molecule has 0 amide bonds. The second kappa shape index (κ2) is 4.48. The van der Waals surface area contributed by atoms with Crippen molar-refractivity contribution in [1.82, 2.24) is 9.97 Å². The molecule has 1 heterocycles. The van der Waals surface area contributed by atoms with Gasteiger partial charge in [-0.25, -0.2) is 9.97 Å². The molecule has 0 saturated heterocycles. The number of nitrogens with zero attached hydrogens (tertiary/aromatic N) is 3. The van der Waals surface area contributed by atoms with Gasteiger partial charge in [0.05, 0.1) is 11.2 Å². The Balaban J connectivity index is 2.90. The molecule has 0 aliphatic carbocycles. The van der Waals surface area contributed by atoms with Crippen molar-refractivity contribution >= 4 is 16.6 Å². The summed E-state index contributed by atoms with van der Waals surface area (Å²) in [6.45, 7) is 10.8. The standard InChI is InChI=1S/C16H23N3/c1-10-12-9-17-11(2)18-15(12)14(19(6)7)8-13(10)16(3,4)5/h8-9H,1-7H3. The van der Waals surface area contributed by atoms with E-state index in [0.29, 0.717) is 0 Å². The minimum absolute atomic E-state index is 0.119. The van der Waals surface area contributed by atoms with Gasteiger partial charge in [-0.2, -0.15) is 0 Å². The van der Waals surface area contributed by atoms with Crippen molar-refractivity contribution in [1.29, 1.82) is 0 Å². The third-order valence-corrected chi connectivity index (χ3v) is 3.53. The molecule has 0 radical (unpaired) electrons. The Labute approximate surface area is 115 Å². The topological polar surface area (TPSA) is 29.0 Å². The largest absolute Gasteiger partial charge is 0.376 e. The number of hydrogen-bond donors (Lipinski definition) is 0. The quantitative estimate of drug-likeness (QED) is 0.781. The van der Waals surface area contributed by atoms with Gasteiger partial charge in [0.25, 0.3) is 0 Å². The van der Waals surface area contributed by atoms with Gasteiger partial charge in [-0.05, 0) is 36.5 Å². The molecule has 0 aliphatic heterocycles. The predicted octanol–water partition coefficient (Wildman–Crippen LogP) is 3.61. The summed E-state index contributed by atoms with van der Waals surface area (Å²) in [4.78, 5) is 11.1. The van der Waals surface area contributed by atoms with Crippen LogP contribution in [0.3, 0.4) is 0 Å². The second-order valence-electron chi connectivity index (χ2n) is 6.39. The molecule has 1 aromatic heterocycles. The lowest BCUT2D eigenvalue weighted by Gasteiger charge is -2.26. The first kappa shape index (κ1) is 13.8. The van der Waals surface area contributed by atoms with E-state index >= 15 is 0 Å². The molecule has 19 heavy (non-hydrogen) atoms. The van der Waals surface area contributed by atoms with E-state index in [1.54, 1.807) is 0 Å². The summed E-state index contributed by atoms with van der Waals surface area (Å²) in [5.41, 5.74) is 4.97. The van der Waals surface area contributed by atoms with Crippen LogP contribution in [0.4, 0.5) is 5.69 Å². The lowest BCUT2D eigenvalue weighted by atomic mass is 9.82. The highest BCUT2D eigenvalue weighted by Crippen LogP contribution is 2.35. The number of anilines is 1. The molecular weight excluding hydrogens is 234 g/mol. The Morgan fingerprint density at radius 1 is 1.11 bits per heavy atom. The molecule has 0 unspecified atom stereocenters. The third kappa shape index (κ3) is 2.42. The predicted molar refractivity (Wildman–Crippen MR) is 82.0 cm³/mol. The van der Waals surface area contributed by atoms with Gasteiger partial charge < -0.3 is 4.90 Å². The van der Waals surface area contributed by atoms with Crippen LogP contribution >= 0.6 is 0 Å². The van der Waals surface area contributed by atoms with Crippen molar-refractivity contribution in [3.63, 3.8) is 0 Å². The van der Waals surface area contributed by atoms with Gasteiger partial charge in [0, 0.05) is 25.7 Å². The van der Waals surface area contributed by atoms with Gasteiger partial charge >= 0.3 is 0 Å². The van der Waals surface area contributed by atoms with Crippen LogP contribution in [-0.2, 0) is 5.41 Å². The van der Waals surface area contributed by atoms with Gasteiger partial charge in [-0.15, -0.1) is 0 Å². The van der Waals surface area contributed by atoms with Gasteiger partial charge in [-0.1, -0.05) is 20.8 Å². The Bertz CT molecular complexity index is 622. The van der Waals surface area contributed by atoms with Crippen LogP contribution in [-0.4, -0.2) is 24.1 Å². The van der Waals surface area contributed by atoms with Crippen molar-refractivity contribution in [2.75, 3.05) is 19.0 Å². The average Bonchev–Trinajstić information content (AvgIpc) is 2.26. The van der Waals surface area contributed by atoms with E-state index in [-0.39, 0.29) is 5.41 Å². The number of rotatable bonds is 1. The van der Waals surface area contributed by atoms with E-state index in [4.69, 9.17) is 0 Å². The van der Waals surface area contributed by atoms with Crippen molar-refractivity contribution in [2.24, 2.45) is 0 Å². The summed E-state index contributed by atoms with van der Waals surface area (Å²) < 4.78 is 0. The molecule has 0 spiro atoms. The van der Waals surface area contributed by atoms with Crippen LogP contribution in [0.25, 0.3) is 10.9 Å². The Morgan fingerprint density at radius 2 is 1.74 bits per heavy atom. The molecular formula is C16H23N3. The highest BCUT2D eigenvalue weighted by atomic mass is 15.1. The van der Waals surface area contributed by atoms with E-state index in [2.05, 4.69) is 62.7 Å². The van der Waals surface area contributed by atoms with Crippen LogP contribution in [0.1, 0.15) is 37.7 Å². The maximum atomic E-state index is 4.63. The highest BCUT2D eigenvalue weighted by Gasteiger charge is 2.21. The summed E-state index contributed by atoms with van der Waals surface area (Å²) >= 11 is 0. The lowest BCUT2D eigenvalue weighted by Crippen LogP contribution is -2.17. The molecule has 102 valence electrons. The third-order valence-electron chi connectivity index (χ3n) is 3.53. The molecule has 3 heteroatoms. The van der Waals surface area contributed by atoms with E-state index in [1.165, 1.54) is 11.1 Å². The molecule has 0 atom stereocenters. The molecule has 1 aromatic carbocycles. The fourth-order valence-corrected chi connectivity index (χ4v) is 2.52. The van der Waals surface area contributed by atoms with Crippen LogP contribution < -0.4 is 4.90 Å². The smallest absolute Gasteiger partial charge is 0.125 e. The van der Waals surface area contributed by atoms with Crippen molar-refractivity contribution in [3.8, 4) is 0 Å². The maximum absolute atomic E-state index is 4.63. The molecule has 2 rings (SSSR count). The van der Waals surface area contributed by atoms with Crippen molar-refractivity contribution < 1.29 is 0 Å². The first-order valence-corrected chi connectivity index (χ1v) is 6.66. The molecule has 0 N–H and O–H groups in total. The number of benzene rings is 1. The minimum atomic E-state index is 0.119. The van der Waals surface area contributed by atoms with Crippen molar-refractivity contribution in [2.45, 2.75) is 40.0 Å². The van der Waals surface area contributed by atoms with E-state index in [9.17, 15) is 0 Å². The fourth-order valence-electron chi connectivity index (χ4n) is 2.52. The highest BCUT2D eigenvalue weighted by molar-refractivity contribution is 5.94. The summed E-state index contributed by atoms with van der Waals surface area (Å²) in [5.74, 6) is 0.818. The molecule has 3 nitrogen and oxygen atoms in total. The zero-order valence-electron chi connectivity index (χ0n) is 13.0. The minimum Gasteiger partial charge on any atom is -0.376 e. The average molecular weight is 257 g/mol. The van der Waals surface area contributed by atoms with Crippen LogP contribution in [0.2, 0.25) is 0 Å². The summed E-state index contributed by atoms with van der Waals surface area (Å²) in [6.07, 6.45) is 1.95. The van der Waals surface area contributed by atoms with Crippen LogP contribution in [0.5, 0.6) is 0 Å². The van der Waals surface area contributed by atoms with E-state index in [0.717, 1.165) is 22.4 Å². The zero-order chi connectivity index (χ0) is 14.4. The van der Waals surface area contributed by atoms with Gasteiger partial charge in [-0.3, -0.25) is 0 Å². The van der Waals surface area contributed by atoms with Crippen molar-refractivity contribution in [3.05, 3.63) is 29.2 Å². The molecule has 0 bridgehead atoms. The lowest BCUT2D eigenvalue weighted by molar-refractivity contribution is 0.587. The number of aryl methyl sites for hydroxylation is 2. The SMILES string of the molecule is Cc1ncc2c(C)c(C(C)(C)C)cc(N(C)C)c2n1. The molecule has 0 saturated carbocycles. The number of hydrogen-bond acceptors (Lipinski definition) is 3. The zero-order valence-corrected chi connectivity index (χ0v) is 13.0. The molecule has 0 fully saturated rings. The first-order valence-electron chi connectivity index (χ1n) is 6.66. The first-order chi connectivity index (χ1) is 8.71. The summed E-state index contributed by atoms with van der Waals surface area (Å²) in [5, 5.41) is 1.15. The monoisotopic (exact) mass is 257 g/mol. The normalized spacial score (nSPS) is 11.9. The molecule has 0 aliphatic rings. The van der Waals surface area contributed by atoms with Gasteiger partial charge in [0.15, 0.2) is 0 Å². The van der Waals surface area contributed by atoms with E-state index in [1.807, 2.05) is 13.1 Å². The number of fused-ring (bicyclic) bond motifs is 1. The van der Waals surface area contributed by atoms with Gasteiger partial charge in [0.1, 0.15) is 5.82 Å². The fraction of sp³-hybridized carbons (Fsp3) is 0.500. The maximum Gasteiger partial charge on any atom is 0.125 e. The second-order valence-corrected chi connectivity index (χ2v) is 6.39. The van der Waals surface area contributed by atoms with Gasteiger partial charge in [0.2, 0.25) is 0 Å². The Morgan fingerprint density at radius 3 is 2.26 bits per heavy atom. The summed E-state index contributed by atoms with van der Waals surface area (Å²) in [6, 6.07) is 2.27.